The topological polar surface area (TPSA) is 54.5 Å². The Hall–Kier alpha value is 0.0800. The second kappa shape index (κ2) is 7.10. The van der Waals surface area contributed by atoms with Crippen molar-refractivity contribution >= 4 is 59.1 Å². The average molecular weight is 459 g/mol. The lowest BCUT2D eigenvalue weighted by Gasteiger charge is -2.15. The third-order valence-electron chi connectivity index (χ3n) is 3.48. The molecular formula is C13H17Br2NO3S2. The maximum atomic E-state index is 12.5. The molecule has 0 N–H and O–H groups in total. The maximum Gasteiger partial charge on any atom is 0.271 e. The van der Waals surface area contributed by atoms with E-state index in [9.17, 15) is 13.2 Å². The molecule has 4 nitrogen and oxygen atoms in total. The fourth-order valence-electron chi connectivity index (χ4n) is 2.38. The highest BCUT2D eigenvalue weighted by Crippen LogP contribution is 2.45. The second-order valence-electron chi connectivity index (χ2n) is 5.00. The molecule has 1 aromatic rings. The molecule has 2 heterocycles. The molecule has 1 aliphatic rings. The molecule has 0 bridgehead atoms. The SMILES string of the molecule is CCCCCCCCN1C(=O)c2c(Br)sc(Br)c2S1(=O)=O. The Morgan fingerprint density at radius 1 is 1.05 bits per heavy atom. The van der Waals surface area contributed by atoms with E-state index in [1.165, 1.54) is 30.6 Å². The number of fused-ring (bicyclic) bond motifs is 1. The van der Waals surface area contributed by atoms with Gasteiger partial charge in [-0.3, -0.25) is 4.79 Å². The van der Waals surface area contributed by atoms with Crippen LogP contribution in [-0.2, 0) is 10.0 Å². The van der Waals surface area contributed by atoms with E-state index >= 15 is 0 Å². The fraction of sp³-hybridized carbons (Fsp3) is 0.615. The smallest absolute Gasteiger partial charge is 0.268 e. The number of amides is 1. The van der Waals surface area contributed by atoms with Gasteiger partial charge in [-0.1, -0.05) is 39.0 Å². The van der Waals surface area contributed by atoms with E-state index in [1.807, 2.05) is 0 Å². The molecule has 118 valence electrons. The lowest BCUT2D eigenvalue weighted by atomic mass is 10.1. The van der Waals surface area contributed by atoms with E-state index in [4.69, 9.17) is 0 Å². The molecule has 0 fully saturated rings. The zero-order valence-corrected chi connectivity index (χ0v) is 16.5. The number of carbonyl (C=O) groups excluding carboxylic acids is 1. The van der Waals surface area contributed by atoms with Crippen molar-refractivity contribution in [1.29, 1.82) is 0 Å². The van der Waals surface area contributed by atoms with E-state index in [1.54, 1.807) is 0 Å². The summed E-state index contributed by atoms with van der Waals surface area (Å²) in [6.07, 6.45) is 6.32. The minimum absolute atomic E-state index is 0.121. The first-order chi connectivity index (χ1) is 9.91. The van der Waals surface area contributed by atoms with E-state index in [0.717, 1.165) is 23.6 Å². The van der Waals surface area contributed by atoms with Crippen LogP contribution in [0, 0.1) is 0 Å². The quantitative estimate of drug-likeness (QED) is 0.552. The average Bonchev–Trinajstić information content (AvgIpc) is 2.81. The standard InChI is InChI=1S/C13H17Br2NO3S2/c1-2-3-4-5-6-7-8-16-13(17)9-10(21(16,18)19)12(15)20-11(9)14/h2-8H2,1H3. The van der Waals surface area contributed by atoms with E-state index in [-0.39, 0.29) is 17.0 Å². The van der Waals surface area contributed by atoms with Crippen LogP contribution in [0.3, 0.4) is 0 Å². The van der Waals surface area contributed by atoms with E-state index in [2.05, 4.69) is 38.8 Å². The third kappa shape index (κ3) is 3.38. The molecule has 0 aromatic carbocycles. The van der Waals surface area contributed by atoms with Gasteiger partial charge in [0.15, 0.2) is 0 Å². The van der Waals surface area contributed by atoms with Gasteiger partial charge in [-0.2, -0.15) is 0 Å². The van der Waals surface area contributed by atoms with Gasteiger partial charge >= 0.3 is 0 Å². The lowest BCUT2D eigenvalue weighted by Crippen LogP contribution is -2.31. The summed E-state index contributed by atoms with van der Waals surface area (Å²) in [5, 5.41) is 0. The number of nitrogens with zero attached hydrogens (tertiary/aromatic N) is 1. The van der Waals surface area contributed by atoms with Gasteiger partial charge in [0.2, 0.25) is 0 Å². The summed E-state index contributed by atoms with van der Waals surface area (Å²) >= 11 is 7.74. The van der Waals surface area contributed by atoms with E-state index < -0.39 is 15.9 Å². The van der Waals surface area contributed by atoms with Crippen LogP contribution in [0.2, 0.25) is 0 Å². The Bertz CT molecular complexity index is 640. The van der Waals surface area contributed by atoms with Gasteiger partial charge in [-0.25, -0.2) is 12.7 Å². The van der Waals surface area contributed by atoms with Crippen LogP contribution >= 0.6 is 43.2 Å². The van der Waals surface area contributed by atoms with Crippen molar-refractivity contribution in [3.05, 3.63) is 13.1 Å². The van der Waals surface area contributed by atoms with Gasteiger partial charge in [-0.05, 0) is 38.3 Å². The summed E-state index contributed by atoms with van der Waals surface area (Å²) in [4.78, 5) is 12.4. The van der Waals surface area contributed by atoms with Crippen LogP contribution in [0.25, 0.3) is 0 Å². The van der Waals surface area contributed by atoms with Crippen LogP contribution < -0.4 is 0 Å². The Labute approximate surface area is 146 Å². The fourth-order valence-corrected chi connectivity index (χ4v) is 8.01. The molecule has 0 saturated heterocycles. The number of hydrogen-bond donors (Lipinski definition) is 0. The zero-order chi connectivity index (χ0) is 15.6. The summed E-state index contributed by atoms with van der Waals surface area (Å²) in [7, 11) is -3.69. The number of halogens is 2. The van der Waals surface area contributed by atoms with Crippen molar-refractivity contribution < 1.29 is 13.2 Å². The molecule has 21 heavy (non-hydrogen) atoms. The minimum Gasteiger partial charge on any atom is -0.268 e. The summed E-state index contributed by atoms with van der Waals surface area (Å²) in [5.41, 5.74) is 0.276. The molecule has 0 aliphatic carbocycles. The van der Waals surface area contributed by atoms with E-state index in [0.29, 0.717) is 7.57 Å². The molecule has 0 radical (unpaired) electrons. The van der Waals surface area contributed by atoms with Gasteiger partial charge in [-0.15, -0.1) is 11.3 Å². The van der Waals surface area contributed by atoms with Crippen molar-refractivity contribution in [1.82, 2.24) is 4.31 Å². The van der Waals surface area contributed by atoms with Crippen molar-refractivity contribution in [3.8, 4) is 0 Å². The van der Waals surface area contributed by atoms with Crippen molar-refractivity contribution in [2.45, 2.75) is 50.3 Å². The summed E-state index contributed by atoms with van der Waals surface area (Å²) in [6.45, 7) is 2.43. The number of hydrogen-bond acceptors (Lipinski definition) is 4. The zero-order valence-electron chi connectivity index (χ0n) is 11.7. The number of rotatable bonds is 7. The van der Waals surface area contributed by atoms with Gasteiger partial charge < -0.3 is 0 Å². The van der Waals surface area contributed by atoms with Crippen molar-refractivity contribution in [2.75, 3.05) is 6.54 Å². The molecular weight excluding hydrogens is 442 g/mol. The van der Waals surface area contributed by atoms with Crippen LogP contribution in [0.5, 0.6) is 0 Å². The normalized spacial score (nSPS) is 16.5. The summed E-state index contributed by atoms with van der Waals surface area (Å²) in [5.74, 6) is -0.410. The van der Waals surface area contributed by atoms with Gasteiger partial charge in [0.25, 0.3) is 15.9 Å². The summed E-state index contributed by atoms with van der Waals surface area (Å²) < 4.78 is 27.0. The molecule has 0 unspecified atom stereocenters. The molecule has 1 amide bonds. The monoisotopic (exact) mass is 457 g/mol. The van der Waals surface area contributed by atoms with Gasteiger partial charge in [0, 0.05) is 6.54 Å². The molecule has 0 spiro atoms. The Balaban J connectivity index is 2.03. The van der Waals surface area contributed by atoms with Crippen LogP contribution in [0.1, 0.15) is 55.8 Å². The first kappa shape index (κ1) is 17.4. The number of unbranched alkanes of at least 4 members (excludes halogenated alkanes) is 5. The number of carbonyl (C=O) groups is 1. The Morgan fingerprint density at radius 3 is 2.29 bits per heavy atom. The maximum absolute atomic E-state index is 12.5. The lowest BCUT2D eigenvalue weighted by molar-refractivity contribution is 0.0869. The van der Waals surface area contributed by atoms with Crippen molar-refractivity contribution in [2.24, 2.45) is 0 Å². The summed E-state index contributed by atoms with van der Waals surface area (Å²) in [6, 6.07) is 0. The predicted molar refractivity (Wildman–Crippen MR) is 91.3 cm³/mol. The van der Waals surface area contributed by atoms with Crippen LogP contribution in [-0.4, -0.2) is 25.2 Å². The number of thiophene rings is 1. The Kier molecular flexibility index (Phi) is 5.90. The molecule has 1 aliphatic heterocycles. The molecule has 1 aromatic heterocycles. The largest absolute Gasteiger partial charge is 0.271 e. The third-order valence-corrected chi connectivity index (χ3v) is 8.26. The highest BCUT2D eigenvalue weighted by atomic mass is 79.9. The highest BCUT2D eigenvalue weighted by Gasteiger charge is 2.45. The first-order valence-electron chi connectivity index (χ1n) is 6.96. The molecule has 0 saturated carbocycles. The van der Waals surface area contributed by atoms with Crippen molar-refractivity contribution in [3.63, 3.8) is 0 Å². The van der Waals surface area contributed by atoms with Gasteiger partial charge in [0.05, 0.1) is 13.1 Å². The Morgan fingerprint density at radius 2 is 1.67 bits per heavy atom. The minimum atomic E-state index is -3.69. The molecule has 0 atom stereocenters. The van der Waals surface area contributed by atoms with Crippen LogP contribution in [0.4, 0.5) is 0 Å². The predicted octanol–water partition coefficient (Wildman–Crippen LogP) is 4.78. The molecule has 2 rings (SSSR count). The molecule has 8 heteroatoms. The second-order valence-corrected chi connectivity index (χ2v) is 10.5. The van der Waals surface area contributed by atoms with Gasteiger partial charge in [0.1, 0.15) is 4.90 Å². The first-order valence-corrected chi connectivity index (χ1v) is 10.8. The number of sulfonamides is 1. The van der Waals surface area contributed by atoms with Crippen LogP contribution in [0.15, 0.2) is 12.5 Å². The highest BCUT2D eigenvalue weighted by molar-refractivity contribution is 9.12.